The van der Waals surface area contributed by atoms with Gasteiger partial charge in [-0.3, -0.25) is 19.9 Å². The van der Waals surface area contributed by atoms with Gasteiger partial charge in [-0.25, -0.2) is 0 Å². The molecule has 8 nitrogen and oxygen atoms in total. The Balaban J connectivity index is 0.000000413. The quantitative estimate of drug-likeness (QED) is 0.500. The van der Waals surface area contributed by atoms with Gasteiger partial charge in [-0.05, 0) is 12.1 Å². The molecule has 1 heterocycles. The van der Waals surface area contributed by atoms with Crippen LogP contribution >= 0.6 is 12.6 Å². The third-order valence-corrected chi connectivity index (χ3v) is 3.22. The number of phenols is 1. The van der Waals surface area contributed by atoms with Gasteiger partial charge in [0.25, 0.3) is 10.9 Å². The van der Waals surface area contributed by atoms with Gasteiger partial charge in [0.1, 0.15) is 11.5 Å². The number of rotatable bonds is 3. The Labute approximate surface area is 144 Å². The van der Waals surface area contributed by atoms with E-state index in [1.54, 1.807) is 26.2 Å². The Morgan fingerprint density at radius 1 is 1.33 bits per heavy atom. The SMILES string of the molecule is CN(C)C(=O)S.COc1ccnc(-c2cc([N+](=O)[O-])ccc2O)c1. The molecule has 9 heteroatoms. The molecule has 1 aromatic carbocycles. The molecule has 24 heavy (non-hydrogen) atoms. The molecule has 0 aliphatic heterocycles. The van der Waals surface area contributed by atoms with Crippen molar-refractivity contribution in [1.82, 2.24) is 9.88 Å². The molecule has 0 radical (unpaired) electrons. The predicted octanol–water partition coefficient (Wildman–Crippen LogP) is 2.97. The third-order valence-electron chi connectivity index (χ3n) is 2.82. The van der Waals surface area contributed by atoms with Crippen molar-refractivity contribution in [2.24, 2.45) is 0 Å². The van der Waals surface area contributed by atoms with Crippen LogP contribution in [0.3, 0.4) is 0 Å². The molecule has 0 saturated carbocycles. The highest BCUT2D eigenvalue weighted by molar-refractivity contribution is 7.96. The lowest BCUT2D eigenvalue weighted by Crippen LogP contribution is -2.13. The van der Waals surface area contributed by atoms with Crippen LogP contribution in [-0.2, 0) is 0 Å². The summed E-state index contributed by atoms with van der Waals surface area (Å²) < 4.78 is 5.04. The zero-order valence-electron chi connectivity index (χ0n) is 13.3. The van der Waals surface area contributed by atoms with Gasteiger partial charge in [0, 0.05) is 44.1 Å². The average molecular weight is 351 g/mol. The highest BCUT2D eigenvalue weighted by atomic mass is 32.1. The summed E-state index contributed by atoms with van der Waals surface area (Å²) in [4.78, 5) is 25.6. The standard InChI is InChI=1S/C12H10N2O4.C3H7NOS/c1-18-9-4-5-13-11(7-9)10-6-8(14(16)17)2-3-12(10)15;1-4(2)3(5)6/h2-7,15H,1H3;1-2H3,(H,5,6). The summed E-state index contributed by atoms with van der Waals surface area (Å²) >= 11 is 3.48. The molecule has 1 aromatic heterocycles. The van der Waals surface area contributed by atoms with E-state index >= 15 is 0 Å². The van der Waals surface area contributed by atoms with Gasteiger partial charge in [-0.2, -0.15) is 0 Å². The predicted molar refractivity (Wildman–Crippen MR) is 92.6 cm³/mol. The fraction of sp³-hybridized carbons (Fsp3) is 0.200. The van der Waals surface area contributed by atoms with Gasteiger partial charge in [0.15, 0.2) is 0 Å². The number of methoxy groups -OCH3 is 1. The maximum Gasteiger partial charge on any atom is 0.278 e. The molecule has 0 atom stereocenters. The Hall–Kier alpha value is -2.81. The zero-order chi connectivity index (χ0) is 18.3. The number of amides is 1. The van der Waals surface area contributed by atoms with E-state index in [0.717, 1.165) is 0 Å². The molecule has 0 aliphatic rings. The number of hydrogen-bond donors (Lipinski definition) is 2. The number of nitro benzene ring substituents is 1. The van der Waals surface area contributed by atoms with E-state index in [4.69, 9.17) is 4.74 Å². The molecule has 0 aliphatic carbocycles. The second-order valence-electron chi connectivity index (χ2n) is 4.72. The first kappa shape index (κ1) is 19.2. The van der Waals surface area contributed by atoms with E-state index in [1.807, 2.05) is 0 Å². The molecule has 0 spiro atoms. The zero-order valence-corrected chi connectivity index (χ0v) is 14.2. The first-order valence-corrected chi connectivity index (χ1v) is 7.09. The number of hydrogen-bond acceptors (Lipinski definition) is 6. The average Bonchev–Trinajstić information content (AvgIpc) is 2.55. The number of phenolic OH excluding ortho intramolecular Hbond substituents is 1. The van der Waals surface area contributed by atoms with Crippen LogP contribution in [-0.4, -0.2) is 46.4 Å². The number of carbonyl (C=O) groups is 1. The van der Waals surface area contributed by atoms with Crippen LogP contribution in [0.25, 0.3) is 11.3 Å². The van der Waals surface area contributed by atoms with Gasteiger partial charge in [-0.1, -0.05) is 12.6 Å². The van der Waals surface area contributed by atoms with Crippen LogP contribution in [0.15, 0.2) is 36.5 Å². The minimum absolute atomic E-state index is 0.0682. The van der Waals surface area contributed by atoms with E-state index < -0.39 is 4.92 Å². The Bertz CT molecular complexity index is 737. The van der Waals surface area contributed by atoms with Crippen molar-refractivity contribution in [1.29, 1.82) is 0 Å². The van der Waals surface area contributed by atoms with Gasteiger partial charge in [-0.15, -0.1) is 0 Å². The van der Waals surface area contributed by atoms with Crippen molar-refractivity contribution in [2.75, 3.05) is 21.2 Å². The number of non-ortho nitro benzene ring substituents is 1. The summed E-state index contributed by atoms with van der Waals surface area (Å²) in [6.45, 7) is 0. The molecule has 1 amide bonds. The number of aromatic hydroxyl groups is 1. The van der Waals surface area contributed by atoms with Gasteiger partial charge < -0.3 is 14.7 Å². The van der Waals surface area contributed by atoms with Crippen molar-refractivity contribution in [2.45, 2.75) is 0 Å². The first-order chi connectivity index (χ1) is 11.3. The Morgan fingerprint density at radius 2 is 1.96 bits per heavy atom. The van der Waals surface area contributed by atoms with Crippen LogP contribution in [0, 0.1) is 10.1 Å². The van der Waals surface area contributed by atoms with Crippen LogP contribution in [0.5, 0.6) is 11.5 Å². The normalized spacial score (nSPS) is 9.50. The number of pyridine rings is 1. The minimum Gasteiger partial charge on any atom is -0.507 e. The van der Waals surface area contributed by atoms with Crippen molar-refractivity contribution in [3.05, 3.63) is 46.6 Å². The monoisotopic (exact) mass is 351 g/mol. The second kappa shape index (κ2) is 8.73. The summed E-state index contributed by atoms with van der Waals surface area (Å²) in [6, 6.07) is 7.03. The molecule has 128 valence electrons. The summed E-state index contributed by atoms with van der Waals surface area (Å²) in [5.41, 5.74) is 0.603. The fourth-order valence-corrected chi connectivity index (χ4v) is 1.53. The van der Waals surface area contributed by atoms with E-state index in [9.17, 15) is 20.0 Å². The third kappa shape index (κ3) is 5.43. The van der Waals surface area contributed by atoms with E-state index in [2.05, 4.69) is 17.6 Å². The number of nitrogens with zero attached hydrogens (tertiary/aromatic N) is 3. The van der Waals surface area contributed by atoms with Gasteiger partial charge in [0.05, 0.1) is 17.7 Å². The van der Waals surface area contributed by atoms with Crippen LogP contribution in [0.1, 0.15) is 0 Å². The first-order valence-electron chi connectivity index (χ1n) is 6.64. The summed E-state index contributed by atoms with van der Waals surface area (Å²) in [5, 5.41) is 20.2. The summed E-state index contributed by atoms with van der Waals surface area (Å²) in [7, 11) is 4.80. The molecule has 0 saturated heterocycles. The van der Waals surface area contributed by atoms with E-state index in [0.29, 0.717) is 17.0 Å². The molecule has 0 fully saturated rings. The number of ether oxygens (including phenoxy) is 1. The topological polar surface area (TPSA) is 106 Å². The highest BCUT2D eigenvalue weighted by Crippen LogP contribution is 2.32. The lowest BCUT2D eigenvalue weighted by atomic mass is 10.1. The van der Waals surface area contributed by atoms with Crippen LogP contribution < -0.4 is 4.74 Å². The van der Waals surface area contributed by atoms with E-state index in [1.165, 1.54) is 36.4 Å². The summed E-state index contributed by atoms with van der Waals surface area (Å²) in [5.74, 6) is 0.493. The lowest BCUT2D eigenvalue weighted by molar-refractivity contribution is -0.384. The number of aromatic nitrogens is 1. The lowest BCUT2D eigenvalue weighted by Gasteiger charge is -2.05. The van der Waals surface area contributed by atoms with Crippen molar-refractivity contribution >= 4 is 23.6 Å². The Morgan fingerprint density at radius 3 is 2.46 bits per heavy atom. The number of carbonyl (C=O) groups excluding carboxylic acids is 1. The van der Waals surface area contributed by atoms with Gasteiger partial charge in [0.2, 0.25) is 0 Å². The largest absolute Gasteiger partial charge is 0.507 e. The van der Waals surface area contributed by atoms with Gasteiger partial charge >= 0.3 is 0 Å². The molecule has 1 N–H and O–H groups in total. The van der Waals surface area contributed by atoms with Crippen molar-refractivity contribution in [3.8, 4) is 22.8 Å². The molecule has 0 unspecified atom stereocenters. The smallest absolute Gasteiger partial charge is 0.278 e. The van der Waals surface area contributed by atoms with E-state index in [-0.39, 0.29) is 16.7 Å². The Kier molecular flexibility index (Phi) is 6.99. The minimum atomic E-state index is -0.525. The van der Waals surface area contributed by atoms with Crippen LogP contribution in [0.2, 0.25) is 0 Å². The molecular weight excluding hydrogens is 334 g/mol. The highest BCUT2D eigenvalue weighted by Gasteiger charge is 2.13. The molecule has 2 aromatic rings. The molecular formula is C15H17N3O5S. The second-order valence-corrected chi connectivity index (χ2v) is 5.10. The van der Waals surface area contributed by atoms with Crippen LogP contribution in [0.4, 0.5) is 10.5 Å². The maximum atomic E-state index is 10.7. The summed E-state index contributed by atoms with van der Waals surface area (Å²) in [6.07, 6.45) is 1.51. The maximum absolute atomic E-state index is 10.7. The van der Waals surface area contributed by atoms with Crippen molar-refractivity contribution in [3.63, 3.8) is 0 Å². The number of thiol groups is 1. The molecule has 2 rings (SSSR count). The number of benzene rings is 1. The molecule has 0 bridgehead atoms. The fourth-order valence-electron chi connectivity index (χ4n) is 1.53. The van der Waals surface area contributed by atoms with Crippen molar-refractivity contribution < 1.29 is 19.6 Å². The number of nitro groups is 1.